The van der Waals surface area contributed by atoms with Crippen LogP contribution in [0.15, 0.2) is 12.2 Å². The third-order valence-corrected chi connectivity index (χ3v) is 27.8. The number of rotatable bonds is 64. The van der Waals surface area contributed by atoms with Crippen LogP contribution in [-0.4, -0.2) is 492 Å². The highest BCUT2D eigenvalue weighted by Crippen LogP contribution is 2.42. The molecule has 52 heteroatoms. The fourth-order valence-electron chi connectivity index (χ4n) is 19.5. The molecule has 5 amide bonds. The van der Waals surface area contributed by atoms with E-state index < -0.39 is 365 Å². The lowest BCUT2D eigenvalue weighted by molar-refractivity contribution is -0.393. The summed E-state index contributed by atoms with van der Waals surface area (Å²) in [7, 11) is 0. The lowest BCUT2D eigenvalue weighted by atomic mass is 9.88. The highest BCUT2D eigenvalue weighted by atomic mass is 16.8. The number of allylic oxidation sites excluding steroid dienone is 1. The average molecular weight is 2130 g/mol. The van der Waals surface area contributed by atoms with Gasteiger partial charge < -0.3 is 230 Å². The van der Waals surface area contributed by atoms with Crippen LogP contribution in [0.1, 0.15) is 221 Å². The Morgan fingerprint density at radius 3 is 1.16 bits per heavy atom. The quantitative estimate of drug-likeness (QED) is 0.0199. The number of carboxylic acid groups (broad SMARTS) is 1. The molecule has 30 N–H and O–H groups in total. The number of hydrogen-bond donors (Lipinski definition) is 30. The van der Waals surface area contributed by atoms with E-state index in [0.29, 0.717) is 12.8 Å². The first kappa shape index (κ1) is 127. The number of carbonyl (C=O) groups excluding carboxylic acids is 5. The number of aliphatic carboxylic acids is 1. The molecule has 0 radical (unpaired) electrons. The number of unbranched alkanes of at least 4 members (excludes halogenated alkanes) is 25. The first-order valence-electron chi connectivity index (χ1n) is 51.8. The summed E-state index contributed by atoms with van der Waals surface area (Å²) < 4.78 is 95.9. The average Bonchev–Trinajstić information content (AvgIpc) is 0.753. The Hall–Kier alpha value is -5.04. The van der Waals surface area contributed by atoms with E-state index >= 15 is 0 Å². The van der Waals surface area contributed by atoms with Crippen molar-refractivity contribution in [1.29, 1.82) is 0 Å². The Kier molecular flexibility index (Phi) is 55.7. The molecule has 52 nitrogen and oxygen atoms in total. The van der Waals surface area contributed by atoms with Crippen molar-refractivity contribution in [2.75, 3.05) is 66.1 Å². The van der Waals surface area contributed by atoms with E-state index in [9.17, 15) is 156 Å². The maximum absolute atomic E-state index is 13.7. The summed E-state index contributed by atoms with van der Waals surface area (Å²) in [4.78, 5) is 78.6. The molecule has 0 spiro atoms. The molecule has 8 aliphatic heterocycles. The van der Waals surface area contributed by atoms with E-state index in [1.165, 1.54) is 96.3 Å². The standard InChI is InChI=1S/C95H167N5O47/c1-6-8-10-12-14-16-18-20-21-23-25-27-29-31-33-35-61(115)99-50(51(112)34-32-30-28-26-24-22-19-17-15-13-11-9-7-2)45-132-90-76(126)75(125)82(59(43-107)139-90)143-91-77(127)84(69(119)55(39-103)135-91)144-88-65(97-48(4)110)73(123)80(57(41-105)137-88)141-92-78(128)85(71(121)60(140-92)46-133-87-64(96-47(3)109)72(122)68(118)54(38-102)134-87)145-89-66(98-49(5)111)74(124)81(58(42-106)138-89)142-93-79(129)86(70(120)56(40-104)136-93)147-95(94(130)131)36-52(113)63(100-62(116)44-108)83(146-95)67(117)53(114)37-101/h32,34,50-60,63-93,101-108,112-114,117-129H,6-31,33,35-46H2,1-5H3,(H,96,109)(H,97,110)(H,98,111)(H,99,115)(H,100,116)(H,130,131)/b34-32+/t50-,51+,52?,53+,54?,55?,56?,57?,58?,59?,60?,63+,64?,65?,66?,67+,68+,69-,70-,71-,72+,73+,74+,75+,76?,77?,78?,79?,80+,81+,82+,83?,84-,85-,86-,87+,88-,89-,90+,91-,92-,93-,95-/m0/s1. The van der Waals surface area contributed by atoms with E-state index in [4.69, 9.17) is 75.8 Å². The van der Waals surface area contributed by atoms with Crippen LogP contribution >= 0.6 is 0 Å². The fourth-order valence-corrected chi connectivity index (χ4v) is 19.5. The van der Waals surface area contributed by atoms with Gasteiger partial charge in [0, 0.05) is 33.6 Å². The second-order valence-electron chi connectivity index (χ2n) is 39.2. The van der Waals surface area contributed by atoms with E-state index in [1.807, 2.05) is 6.08 Å². The fraction of sp³-hybridized carbons (Fsp3) is 0.916. The molecule has 8 saturated heterocycles. The molecule has 43 atom stereocenters. The Bertz CT molecular complexity index is 3800. The summed E-state index contributed by atoms with van der Waals surface area (Å²) in [5, 5.41) is 295. The molecule has 8 fully saturated rings. The first-order chi connectivity index (χ1) is 70.3. The largest absolute Gasteiger partial charge is 0.477 e. The summed E-state index contributed by atoms with van der Waals surface area (Å²) in [6.45, 7) is -3.68. The molecule has 0 saturated carbocycles. The maximum atomic E-state index is 13.7. The summed E-state index contributed by atoms with van der Waals surface area (Å²) in [6.07, 6.45) is -46.8. The minimum absolute atomic E-state index is 0.129. The van der Waals surface area contributed by atoms with Crippen molar-refractivity contribution in [3.63, 3.8) is 0 Å². The van der Waals surface area contributed by atoms with Crippen molar-refractivity contribution in [3.05, 3.63) is 12.2 Å². The molecule has 0 bridgehead atoms. The zero-order chi connectivity index (χ0) is 108. The molecular weight excluding hydrogens is 1960 g/mol. The van der Waals surface area contributed by atoms with Gasteiger partial charge in [-0.15, -0.1) is 0 Å². The van der Waals surface area contributed by atoms with Crippen molar-refractivity contribution < 1.29 is 232 Å². The number of aliphatic hydroxyl groups is 24. The van der Waals surface area contributed by atoms with Crippen LogP contribution in [0.4, 0.5) is 0 Å². The predicted molar refractivity (Wildman–Crippen MR) is 501 cm³/mol. The van der Waals surface area contributed by atoms with Gasteiger partial charge in [-0.3, -0.25) is 24.0 Å². The minimum atomic E-state index is -3.36. The van der Waals surface area contributed by atoms with Gasteiger partial charge in [0.15, 0.2) is 44.0 Å². The highest BCUT2D eigenvalue weighted by Gasteiger charge is 2.63. The summed E-state index contributed by atoms with van der Waals surface area (Å²) in [5.74, 6) is -10.0. The van der Waals surface area contributed by atoms with Crippen molar-refractivity contribution >= 4 is 35.5 Å². The van der Waals surface area contributed by atoms with E-state index in [0.717, 1.165) is 85.0 Å². The molecule has 8 aliphatic rings. The van der Waals surface area contributed by atoms with Crippen molar-refractivity contribution in [3.8, 4) is 0 Å². The lowest BCUT2D eigenvalue weighted by Crippen LogP contribution is -2.71. The van der Waals surface area contributed by atoms with Crippen LogP contribution in [0.3, 0.4) is 0 Å². The zero-order valence-corrected chi connectivity index (χ0v) is 84.1. The monoisotopic (exact) mass is 2130 g/mol. The lowest BCUT2D eigenvalue weighted by Gasteiger charge is -2.51. The minimum Gasteiger partial charge on any atom is -0.477 e. The Morgan fingerprint density at radius 2 is 0.735 bits per heavy atom. The molecule has 0 aromatic carbocycles. The van der Waals surface area contributed by atoms with Crippen LogP contribution in [-0.2, 0) is 105 Å². The Morgan fingerprint density at radius 1 is 0.367 bits per heavy atom. The van der Waals surface area contributed by atoms with Gasteiger partial charge in [-0.25, -0.2) is 4.79 Å². The van der Waals surface area contributed by atoms with Crippen molar-refractivity contribution in [1.82, 2.24) is 26.6 Å². The van der Waals surface area contributed by atoms with Gasteiger partial charge in [-0.05, 0) is 19.3 Å². The highest BCUT2D eigenvalue weighted by molar-refractivity contribution is 5.78. The second kappa shape index (κ2) is 64.5. The zero-order valence-electron chi connectivity index (χ0n) is 84.1. The molecule has 16 unspecified atom stereocenters. The Labute approximate surface area is 853 Å². The van der Waals surface area contributed by atoms with Gasteiger partial charge in [0.2, 0.25) is 29.5 Å². The van der Waals surface area contributed by atoms with Crippen molar-refractivity contribution in [2.45, 2.75) is 484 Å². The number of hydrogen-bond acceptors (Lipinski definition) is 46. The van der Waals surface area contributed by atoms with Crippen LogP contribution in [0.25, 0.3) is 0 Å². The SMILES string of the molecule is CCCCCCCCCCCCC/C=C/[C@@H](O)[C@H](CO[C@@H]1OC(CO)[C@@H](O[C@@H]2OC(CO)[C@H](O)[C@H](O[C@@H]3OC(CO)[C@@H](O[C@@H]4OC(CO[C@@H]5OC(CO)[C@@H](O)[C@H](O)C5NC(C)=O)[C@H](O)[C@H](O[C@@H]5OC(CO)[C@@H](O[C@@H]6OC(CO)[C@H](O)[C@H](O[C@]7(C(=O)O)CC(O)[C@@H](NC(=O)CO)C([C@H](O)[C@H](O)CO)O7)C6O)[C@H](O)C5NC(C)=O)C4O)[C@H](O)C3NC(C)=O)C2O)[C@H](O)C1O)NC(=O)CCCCCCCCCCCCCCCCC. The molecule has 0 aromatic heterocycles. The smallest absolute Gasteiger partial charge is 0.364 e. The van der Waals surface area contributed by atoms with Crippen LogP contribution in [0.2, 0.25) is 0 Å². The van der Waals surface area contributed by atoms with E-state index in [2.05, 4.69) is 40.4 Å². The van der Waals surface area contributed by atoms with Crippen LogP contribution in [0, 0.1) is 0 Å². The topological polar surface area (TPSA) is 816 Å². The molecule has 0 aromatic rings. The van der Waals surface area contributed by atoms with E-state index in [-0.39, 0.29) is 12.3 Å². The third kappa shape index (κ3) is 36.3. The van der Waals surface area contributed by atoms with Crippen LogP contribution in [0.5, 0.6) is 0 Å². The van der Waals surface area contributed by atoms with Gasteiger partial charge in [0.05, 0.1) is 83.8 Å². The third-order valence-electron chi connectivity index (χ3n) is 27.8. The number of ether oxygens (including phenoxy) is 16. The van der Waals surface area contributed by atoms with Gasteiger partial charge in [0.1, 0.15) is 196 Å². The summed E-state index contributed by atoms with van der Waals surface area (Å²) in [5.41, 5.74) is 0. The van der Waals surface area contributed by atoms with Crippen molar-refractivity contribution in [2.24, 2.45) is 0 Å². The van der Waals surface area contributed by atoms with Gasteiger partial charge in [-0.1, -0.05) is 180 Å². The van der Waals surface area contributed by atoms with E-state index in [1.54, 1.807) is 6.08 Å². The van der Waals surface area contributed by atoms with Gasteiger partial charge in [0.25, 0.3) is 5.79 Å². The number of amides is 5. The number of aliphatic hydroxyl groups excluding tert-OH is 24. The first-order valence-corrected chi connectivity index (χ1v) is 51.8. The molecule has 854 valence electrons. The summed E-state index contributed by atoms with van der Waals surface area (Å²) >= 11 is 0. The molecule has 8 heterocycles. The van der Waals surface area contributed by atoms with Crippen LogP contribution < -0.4 is 26.6 Å². The normalized spacial score (nSPS) is 37.8. The maximum Gasteiger partial charge on any atom is 0.364 e. The molecule has 0 aliphatic carbocycles. The summed E-state index contributed by atoms with van der Waals surface area (Å²) in [6, 6.07) is -8.84. The number of carbonyl (C=O) groups is 6. The molecule has 8 rings (SSSR count). The number of carboxylic acids is 1. The predicted octanol–water partition coefficient (Wildman–Crippen LogP) is -8.31. The Balaban J connectivity index is 0.994. The van der Waals surface area contributed by atoms with Gasteiger partial charge in [-0.2, -0.15) is 0 Å². The second-order valence-corrected chi connectivity index (χ2v) is 39.2. The van der Waals surface area contributed by atoms with Gasteiger partial charge >= 0.3 is 5.97 Å². The number of nitrogens with one attached hydrogen (secondary N) is 5. The molecular formula is C95H167N5O47. The molecule has 147 heavy (non-hydrogen) atoms.